The Bertz CT molecular complexity index is 539. The van der Waals surface area contributed by atoms with Crippen molar-refractivity contribution in [2.24, 2.45) is 0 Å². The summed E-state index contributed by atoms with van der Waals surface area (Å²) in [5, 5.41) is 1.88. The predicted molar refractivity (Wildman–Crippen MR) is 66.7 cm³/mol. The van der Waals surface area contributed by atoms with E-state index >= 15 is 0 Å². The lowest BCUT2D eigenvalue weighted by Crippen LogP contribution is -1.89. The normalized spacial score (nSPS) is 9.31. The van der Waals surface area contributed by atoms with Crippen LogP contribution in [0.5, 0.6) is 0 Å². The number of carbonyl (C=O) groups excluding carboxylic acids is 1. The van der Waals surface area contributed by atoms with Gasteiger partial charge in [-0.25, -0.2) is 0 Å². The first-order valence-electron chi connectivity index (χ1n) is 4.92. The van der Waals surface area contributed by atoms with Crippen LogP contribution in [0.3, 0.4) is 0 Å². The van der Waals surface area contributed by atoms with Gasteiger partial charge in [0.05, 0.1) is 4.88 Å². The molecule has 0 N–H and O–H groups in total. The number of aryl methyl sites for hydroxylation is 1. The summed E-state index contributed by atoms with van der Waals surface area (Å²) >= 11 is 1.42. The lowest BCUT2D eigenvalue weighted by Gasteiger charge is -1.91. The molecule has 0 aliphatic carbocycles. The Morgan fingerprint density at radius 2 is 1.94 bits per heavy atom. The van der Waals surface area contributed by atoms with Gasteiger partial charge in [-0.2, -0.15) is 0 Å². The Balaban J connectivity index is 2.16. The molecule has 0 aliphatic rings. The first-order chi connectivity index (χ1) is 7.75. The van der Waals surface area contributed by atoms with Crippen LogP contribution in [0, 0.1) is 18.8 Å². The van der Waals surface area contributed by atoms with Gasteiger partial charge in [-0.1, -0.05) is 29.7 Å². The third kappa shape index (κ3) is 2.59. The van der Waals surface area contributed by atoms with Crippen LogP contribution >= 0.6 is 11.3 Å². The first kappa shape index (κ1) is 10.7. The van der Waals surface area contributed by atoms with Crippen LogP contribution in [-0.2, 0) is 0 Å². The predicted octanol–water partition coefficient (Wildman–Crippen LogP) is 3.29. The van der Waals surface area contributed by atoms with Crippen LogP contribution < -0.4 is 0 Å². The van der Waals surface area contributed by atoms with Crippen LogP contribution in [0.2, 0.25) is 0 Å². The standard InChI is InChI=1S/C14H10OS/c1-11-4-6-12(7-5-11)8-9-13(15)14-3-2-10-16-14/h2-7,10H,1H3. The molecule has 1 aromatic heterocycles. The van der Waals surface area contributed by atoms with E-state index in [9.17, 15) is 4.79 Å². The molecule has 1 aromatic carbocycles. The molecule has 0 unspecified atom stereocenters. The Kier molecular flexibility index (Phi) is 3.19. The first-order valence-corrected chi connectivity index (χ1v) is 5.80. The molecular formula is C14H10OS. The highest BCUT2D eigenvalue weighted by Gasteiger charge is 2.01. The van der Waals surface area contributed by atoms with Crippen LogP contribution in [0.15, 0.2) is 41.8 Å². The molecule has 0 aliphatic heterocycles. The van der Waals surface area contributed by atoms with Crippen molar-refractivity contribution in [2.75, 3.05) is 0 Å². The van der Waals surface area contributed by atoms with Crippen molar-refractivity contribution in [1.82, 2.24) is 0 Å². The molecule has 0 spiro atoms. The number of thiophene rings is 1. The molecule has 0 atom stereocenters. The van der Waals surface area contributed by atoms with Gasteiger partial charge in [0.2, 0.25) is 5.78 Å². The minimum atomic E-state index is -0.115. The van der Waals surface area contributed by atoms with Crippen molar-refractivity contribution in [1.29, 1.82) is 0 Å². The molecular weight excluding hydrogens is 216 g/mol. The van der Waals surface area contributed by atoms with Crippen LogP contribution in [0.25, 0.3) is 0 Å². The molecule has 0 fully saturated rings. The zero-order valence-corrected chi connectivity index (χ0v) is 9.67. The molecule has 2 rings (SSSR count). The van der Waals surface area contributed by atoms with E-state index in [0.29, 0.717) is 4.88 Å². The fraction of sp³-hybridized carbons (Fsp3) is 0.0714. The maximum atomic E-state index is 11.6. The van der Waals surface area contributed by atoms with Crippen molar-refractivity contribution in [2.45, 2.75) is 6.92 Å². The third-order valence-corrected chi connectivity index (χ3v) is 2.99. The fourth-order valence-corrected chi connectivity index (χ4v) is 1.85. The Morgan fingerprint density at radius 1 is 1.19 bits per heavy atom. The summed E-state index contributed by atoms with van der Waals surface area (Å²) in [6.45, 7) is 2.02. The van der Waals surface area contributed by atoms with Gasteiger partial charge in [0.1, 0.15) is 0 Å². The van der Waals surface area contributed by atoms with E-state index in [-0.39, 0.29) is 5.78 Å². The lowest BCUT2D eigenvalue weighted by atomic mass is 10.1. The summed E-state index contributed by atoms with van der Waals surface area (Å²) in [4.78, 5) is 12.3. The Hall–Kier alpha value is -1.85. The van der Waals surface area contributed by atoms with Gasteiger partial charge in [0, 0.05) is 5.56 Å². The van der Waals surface area contributed by atoms with Gasteiger partial charge in [-0.15, -0.1) is 11.3 Å². The van der Waals surface area contributed by atoms with Crippen LogP contribution in [0.1, 0.15) is 20.8 Å². The number of ketones is 1. The smallest absolute Gasteiger partial charge is 0.246 e. The van der Waals surface area contributed by atoms with E-state index in [1.165, 1.54) is 16.9 Å². The Labute approximate surface area is 98.7 Å². The molecule has 2 aromatic rings. The zero-order chi connectivity index (χ0) is 11.4. The summed E-state index contributed by atoms with van der Waals surface area (Å²) < 4.78 is 0. The summed E-state index contributed by atoms with van der Waals surface area (Å²) in [6.07, 6.45) is 0. The Morgan fingerprint density at radius 3 is 2.56 bits per heavy atom. The summed E-state index contributed by atoms with van der Waals surface area (Å²) in [5.74, 6) is 5.39. The van der Waals surface area contributed by atoms with Gasteiger partial charge in [0.25, 0.3) is 0 Å². The topological polar surface area (TPSA) is 17.1 Å². The van der Waals surface area contributed by atoms with Gasteiger partial charge in [0.15, 0.2) is 0 Å². The highest BCUT2D eigenvalue weighted by molar-refractivity contribution is 7.12. The highest BCUT2D eigenvalue weighted by Crippen LogP contribution is 2.08. The largest absolute Gasteiger partial charge is 0.278 e. The molecule has 0 saturated heterocycles. The summed E-state index contributed by atoms with van der Waals surface area (Å²) in [6, 6.07) is 11.5. The second-order valence-electron chi connectivity index (χ2n) is 3.42. The number of carbonyl (C=O) groups is 1. The third-order valence-electron chi connectivity index (χ3n) is 2.12. The van der Waals surface area contributed by atoms with E-state index in [2.05, 4.69) is 11.8 Å². The summed E-state index contributed by atoms with van der Waals surface area (Å²) in [7, 11) is 0. The van der Waals surface area contributed by atoms with Gasteiger partial charge >= 0.3 is 0 Å². The molecule has 16 heavy (non-hydrogen) atoms. The summed E-state index contributed by atoms with van der Waals surface area (Å²) in [5.41, 5.74) is 2.06. The van der Waals surface area contributed by atoms with Crippen LogP contribution in [0.4, 0.5) is 0 Å². The second kappa shape index (κ2) is 4.78. The average Bonchev–Trinajstić information content (AvgIpc) is 2.81. The minimum absolute atomic E-state index is 0.115. The molecule has 0 saturated carbocycles. The highest BCUT2D eigenvalue weighted by atomic mass is 32.1. The van der Waals surface area contributed by atoms with Crippen molar-refractivity contribution in [3.05, 3.63) is 57.8 Å². The molecule has 0 radical (unpaired) electrons. The number of hydrogen-bond acceptors (Lipinski definition) is 2. The SMILES string of the molecule is Cc1ccc(C#CC(=O)c2cccs2)cc1. The van der Waals surface area contributed by atoms with Crippen molar-refractivity contribution >= 4 is 17.1 Å². The van der Waals surface area contributed by atoms with Crippen molar-refractivity contribution in [3.63, 3.8) is 0 Å². The van der Waals surface area contributed by atoms with E-state index in [4.69, 9.17) is 0 Å². The molecule has 0 bridgehead atoms. The van der Waals surface area contributed by atoms with E-state index in [0.717, 1.165) is 5.56 Å². The molecule has 78 valence electrons. The van der Waals surface area contributed by atoms with Gasteiger partial charge in [-0.05, 0) is 36.4 Å². The number of rotatable bonds is 1. The average molecular weight is 226 g/mol. The van der Waals surface area contributed by atoms with Crippen molar-refractivity contribution < 1.29 is 4.79 Å². The monoisotopic (exact) mass is 226 g/mol. The molecule has 1 nitrogen and oxygen atoms in total. The number of hydrogen-bond donors (Lipinski definition) is 0. The maximum Gasteiger partial charge on any atom is 0.246 e. The van der Waals surface area contributed by atoms with Gasteiger partial charge in [-0.3, -0.25) is 4.79 Å². The van der Waals surface area contributed by atoms with Crippen molar-refractivity contribution in [3.8, 4) is 11.8 Å². The quantitative estimate of drug-likeness (QED) is 0.538. The second-order valence-corrected chi connectivity index (χ2v) is 4.37. The molecule has 1 heterocycles. The molecule has 0 amide bonds. The van der Waals surface area contributed by atoms with E-state index in [1.54, 1.807) is 6.07 Å². The number of Topliss-reactive ketones (excluding diaryl/α,β-unsaturated/α-hetero) is 1. The lowest BCUT2D eigenvalue weighted by molar-refractivity contribution is 0.106. The fourth-order valence-electron chi connectivity index (χ4n) is 1.24. The zero-order valence-electron chi connectivity index (χ0n) is 8.86. The molecule has 2 heteroatoms. The van der Waals surface area contributed by atoms with E-state index in [1.807, 2.05) is 42.6 Å². The van der Waals surface area contributed by atoms with Gasteiger partial charge < -0.3 is 0 Å². The van der Waals surface area contributed by atoms with Crippen LogP contribution in [-0.4, -0.2) is 5.78 Å². The maximum absolute atomic E-state index is 11.6. The number of benzene rings is 1. The van der Waals surface area contributed by atoms with E-state index < -0.39 is 0 Å². The minimum Gasteiger partial charge on any atom is -0.278 e.